The molecule has 0 spiro atoms. The molecule has 0 heterocycles. The van der Waals surface area contributed by atoms with Crippen LogP contribution in [-0.4, -0.2) is 40.6 Å². The van der Waals surface area contributed by atoms with Crippen molar-refractivity contribution in [2.45, 2.75) is 12.2 Å². The van der Waals surface area contributed by atoms with Gasteiger partial charge in [0, 0.05) is 17.7 Å². The number of rotatable bonds is 5. The standard InChI is InChI=1S/C11H11NO7/c1-19-11(16)10(15)9(14)8-3-2-7(12(17)18)4-6(8)5-13/h2-5,9-10,14-15H,1H3. The van der Waals surface area contributed by atoms with Gasteiger partial charge in [0.05, 0.1) is 12.0 Å². The van der Waals surface area contributed by atoms with E-state index < -0.39 is 23.1 Å². The smallest absolute Gasteiger partial charge is 0.337 e. The lowest BCUT2D eigenvalue weighted by molar-refractivity contribution is -0.384. The minimum Gasteiger partial charge on any atom is -0.467 e. The highest BCUT2D eigenvalue weighted by Crippen LogP contribution is 2.24. The molecule has 0 fully saturated rings. The minimum atomic E-state index is -1.88. The van der Waals surface area contributed by atoms with Crippen LogP contribution >= 0.6 is 0 Å². The Morgan fingerprint density at radius 1 is 1.47 bits per heavy atom. The molecule has 0 bridgehead atoms. The van der Waals surface area contributed by atoms with E-state index in [-0.39, 0.29) is 23.1 Å². The molecule has 0 aliphatic rings. The van der Waals surface area contributed by atoms with E-state index in [2.05, 4.69) is 4.74 Å². The molecule has 1 aromatic rings. The maximum absolute atomic E-state index is 11.1. The fourth-order valence-corrected chi connectivity index (χ4v) is 1.47. The molecule has 1 rings (SSSR count). The van der Waals surface area contributed by atoms with Crippen LogP contribution in [0.4, 0.5) is 5.69 Å². The summed E-state index contributed by atoms with van der Waals surface area (Å²) in [5, 5.41) is 29.8. The van der Waals surface area contributed by atoms with E-state index in [1.165, 1.54) is 0 Å². The first-order chi connectivity index (χ1) is 8.92. The summed E-state index contributed by atoms with van der Waals surface area (Å²) in [5.74, 6) is -1.08. The van der Waals surface area contributed by atoms with Crippen LogP contribution in [0, 0.1) is 10.1 Å². The number of hydrogen-bond donors (Lipinski definition) is 2. The van der Waals surface area contributed by atoms with Crippen molar-refractivity contribution in [2.24, 2.45) is 0 Å². The van der Waals surface area contributed by atoms with Crippen molar-refractivity contribution in [2.75, 3.05) is 7.11 Å². The van der Waals surface area contributed by atoms with Gasteiger partial charge >= 0.3 is 5.97 Å². The minimum absolute atomic E-state index is 0.0986. The van der Waals surface area contributed by atoms with Crippen LogP contribution in [0.3, 0.4) is 0 Å². The SMILES string of the molecule is COC(=O)C(O)C(O)c1ccc([N+](=O)[O-])cc1C=O. The van der Waals surface area contributed by atoms with Crippen molar-refractivity contribution >= 4 is 17.9 Å². The molecule has 2 N–H and O–H groups in total. The van der Waals surface area contributed by atoms with Gasteiger partial charge in [-0.1, -0.05) is 0 Å². The van der Waals surface area contributed by atoms with Crippen molar-refractivity contribution in [3.8, 4) is 0 Å². The highest BCUT2D eigenvalue weighted by Gasteiger charge is 2.28. The molecule has 1 aromatic carbocycles. The summed E-state index contributed by atoms with van der Waals surface area (Å²) >= 11 is 0. The van der Waals surface area contributed by atoms with Crippen LogP contribution in [-0.2, 0) is 9.53 Å². The Morgan fingerprint density at radius 3 is 2.58 bits per heavy atom. The van der Waals surface area contributed by atoms with Gasteiger partial charge in [-0.05, 0) is 11.6 Å². The number of ether oxygens (including phenoxy) is 1. The van der Waals surface area contributed by atoms with E-state index in [1.54, 1.807) is 0 Å². The molecule has 0 saturated carbocycles. The summed E-state index contributed by atoms with van der Waals surface area (Å²) in [4.78, 5) is 31.7. The second-order valence-electron chi connectivity index (χ2n) is 3.60. The molecular weight excluding hydrogens is 258 g/mol. The Labute approximate surface area is 107 Å². The Hall–Kier alpha value is -2.32. The number of esters is 1. The van der Waals surface area contributed by atoms with Crippen LogP contribution in [0.25, 0.3) is 0 Å². The predicted octanol–water partition coefficient (Wildman–Crippen LogP) is -0.0254. The second-order valence-corrected chi connectivity index (χ2v) is 3.60. The molecule has 0 aromatic heterocycles. The number of hydrogen-bond acceptors (Lipinski definition) is 7. The number of nitro benzene ring substituents is 1. The molecule has 0 saturated heterocycles. The summed E-state index contributed by atoms with van der Waals surface area (Å²) in [6.45, 7) is 0. The van der Waals surface area contributed by atoms with Crippen molar-refractivity contribution < 1.29 is 29.5 Å². The van der Waals surface area contributed by atoms with Crippen LogP contribution < -0.4 is 0 Å². The third kappa shape index (κ3) is 3.12. The van der Waals surface area contributed by atoms with Crippen LogP contribution in [0.5, 0.6) is 0 Å². The largest absolute Gasteiger partial charge is 0.467 e. The lowest BCUT2D eigenvalue weighted by Gasteiger charge is -2.17. The first-order valence-electron chi connectivity index (χ1n) is 5.09. The van der Waals surface area contributed by atoms with Gasteiger partial charge in [0.1, 0.15) is 6.10 Å². The number of methoxy groups -OCH3 is 1. The van der Waals surface area contributed by atoms with Crippen molar-refractivity contribution in [3.63, 3.8) is 0 Å². The lowest BCUT2D eigenvalue weighted by Crippen LogP contribution is -2.29. The monoisotopic (exact) mass is 269 g/mol. The molecule has 0 aliphatic heterocycles. The number of aliphatic hydroxyl groups is 2. The van der Waals surface area contributed by atoms with Gasteiger partial charge in [0.2, 0.25) is 0 Å². The number of benzene rings is 1. The summed E-state index contributed by atoms with van der Waals surface area (Å²) in [6.07, 6.45) is -3.31. The molecule has 8 heteroatoms. The van der Waals surface area contributed by atoms with Gasteiger partial charge in [0.25, 0.3) is 5.69 Å². The highest BCUT2D eigenvalue weighted by molar-refractivity contribution is 5.81. The zero-order valence-corrected chi connectivity index (χ0v) is 9.85. The number of nitrogens with zero attached hydrogens (tertiary/aromatic N) is 1. The van der Waals surface area contributed by atoms with Gasteiger partial charge in [-0.3, -0.25) is 14.9 Å². The summed E-state index contributed by atoms with van der Waals surface area (Å²) in [6, 6.07) is 3.09. The highest BCUT2D eigenvalue weighted by atomic mass is 16.6. The van der Waals surface area contributed by atoms with Crippen molar-refractivity contribution in [1.82, 2.24) is 0 Å². The summed E-state index contributed by atoms with van der Waals surface area (Å²) < 4.78 is 4.24. The number of non-ortho nitro benzene ring substituents is 1. The molecule has 102 valence electrons. The number of aldehydes is 1. The third-order valence-electron chi connectivity index (χ3n) is 2.47. The fraction of sp³-hybridized carbons (Fsp3) is 0.273. The zero-order chi connectivity index (χ0) is 14.6. The van der Waals surface area contributed by atoms with E-state index in [4.69, 9.17) is 0 Å². The zero-order valence-electron chi connectivity index (χ0n) is 9.85. The lowest BCUT2D eigenvalue weighted by atomic mass is 9.98. The average molecular weight is 269 g/mol. The Morgan fingerprint density at radius 2 is 2.11 bits per heavy atom. The second kappa shape index (κ2) is 6.03. The van der Waals surface area contributed by atoms with Crippen LogP contribution in [0.1, 0.15) is 22.0 Å². The molecule has 0 amide bonds. The molecule has 8 nitrogen and oxygen atoms in total. The average Bonchev–Trinajstić information content (AvgIpc) is 2.43. The summed E-state index contributed by atoms with van der Waals surface area (Å²) in [7, 11) is 1.02. The number of nitro groups is 1. The number of carbonyl (C=O) groups excluding carboxylic acids is 2. The van der Waals surface area contributed by atoms with Crippen LogP contribution in [0.15, 0.2) is 18.2 Å². The van der Waals surface area contributed by atoms with Crippen LogP contribution in [0.2, 0.25) is 0 Å². The third-order valence-corrected chi connectivity index (χ3v) is 2.47. The van der Waals surface area contributed by atoms with E-state index in [0.717, 1.165) is 25.3 Å². The van der Waals surface area contributed by atoms with Gasteiger partial charge in [-0.15, -0.1) is 0 Å². The van der Waals surface area contributed by atoms with E-state index in [9.17, 15) is 29.9 Å². The van der Waals surface area contributed by atoms with Gasteiger partial charge < -0.3 is 14.9 Å². The van der Waals surface area contributed by atoms with E-state index in [0.29, 0.717) is 0 Å². The Balaban J connectivity index is 3.16. The fourth-order valence-electron chi connectivity index (χ4n) is 1.47. The molecule has 2 unspecified atom stereocenters. The topological polar surface area (TPSA) is 127 Å². The molecule has 0 radical (unpaired) electrons. The Kier molecular flexibility index (Phi) is 4.67. The number of carbonyl (C=O) groups is 2. The van der Waals surface area contributed by atoms with Crippen molar-refractivity contribution in [1.29, 1.82) is 0 Å². The maximum atomic E-state index is 11.1. The van der Waals surface area contributed by atoms with E-state index in [1.807, 2.05) is 0 Å². The first-order valence-corrected chi connectivity index (χ1v) is 5.09. The quantitative estimate of drug-likeness (QED) is 0.332. The summed E-state index contributed by atoms with van der Waals surface area (Å²) in [5.41, 5.74) is -0.631. The van der Waals surface area contributed by atoms with Gasteiger partial charge in [0.15, 0.2) is 12.4 Å². The molecular formula is C11H11NO7. The van der Waals surface area contributed by atoms with Gasteiger partial charge in [-0.25, -0.2) is 4.79 Å². The number of aliphatic hydroxyl groups excluding tert-OH is 2. The Bertz CT molecular complexity index is 514. The molecule has 2 atom stereocenters. The van der Waals surface area contributed by atoms with Gasteiger partial charge in [-0.2, -0.15) is 0 Å². The van der Waals surface area contributed by atoms with E-state index >= 15 is 0 Å². The molecule has 0 aliphatic carbocycles. The predicted molar refractivity (Wildman–Crippen MR) is 61.5 cm³/mol. The normalized spacial score (nSPS) is 13.4. The molecule has 19 heavy (non-hydrogen) atoms. The maximum Gasteiger partial charge on any atom is 0.337 e. The van der Waals surface area contributed by atoms with Crippen molar-refractivity contribution in [3.05, 3.63) is 39.4 Å². The first kappa shape index (κ1) is 14.7.